The minimum atomic E-state index is -5.08. The van der Waals surface area contributed by atoms with Crippen LogP contribution in [0, 0.1) is 5.92 Å². The van der Waals surface area contributed by atoms with E-state index in [1.165, 1.54) is 0 Å². The van der Waals surface area contributed by atoms with Gasteiger partial charge in [0.15, 0.2) is 0 Å². The highest BCUT2D eigenvalue weighted by Crippen LogP contribution is 2.35. The molecule has 0 bridgehead atoms. The van der Waals surface area contributed by atoms with E-state index < -0.39 is 18.2 Å². The van der Waals surface area contributed by atoms with E-state index in [-0.39, 0.29) is 17.6 Å². The first-order valence-electron chi connectivity index (χ1n) is 11.8. The van der Waals surface area contributed by atoms with Gasteiger partial charge >= 0.3 is 12.1 Å². The summed E-state index contributed by atoms with van der Waals surface area (Å²) in [5.41, 5.74) is 4.30. The number of rotatable bonds is 6. The molecule has 198 valence electrons. The molecule has 4 rings (SSSR count). The molecule has 1 amide bonds. The van der Waals surface area contributed by atoms with Crippen LogP contribution in [0.5, 0.6) is 5.75 Å². The Bertz CT molecular complexity index is 1390. The van der Waals surface area contributed by atoms with Crippen LogP contribution in [0.25, 0.3) is 22.0 Å². The molecule has 3 aromatic carbocycles. The minimum absolute atomic E-state index is 0.0485. The summed E-state index contributed by atoms with van der Waals surface area (Å²) >= 11 is 0. The number of carboxylic acids is 1. The SMILES string of the molecule is CC(C)CC(=O)NC(c1ccc(-c2ccccc2)cc1)c1ccc2cccnc2c1O.O=C(O)C(F)(F)F. The molecular weight excluding hydrogens is 497 g/mol. The van der Waals surface area contributed by atoms with Gasteiger partial charge in [0.25, 0.3) is 0 Å². The lowest BCUT2D eigenvalue weighted by molar-refractivity contribution is -0.192. The Labute approximate surface area is 217 Å². The van der Waals surface area contributed by atoms with Crippen molar-refractivity contribution in [1.29, 1.82) is 0 Å². The van der Waals surface area contributed by atoms with Crippen molar-refractivity contribution in [3.8, 4) is 16.9 Å². The van der Waals surface area contributed by atoms with Gasteiger partial charge in [0.05, 0.1) is 6.04 Å². The molecule has 0 aliphatic heterocycles. The standard InChI is InChI=1S/C27H26N2O2.C2HF3O2/c1-18(2)17-24(30)29-25(23-15-14-21-9-6-16-28-26(21)27(23)31)22-12-10-20(11-13-22)19-7-4-3-5-8-19;3-2(4,5)1(6)7/h3-16,18,25,31H,17H2,1-2H3,(H,29,30);(H,6,7). The number of phenolic OH excluding ortho intramolecular Hbond substituents is 1. The van der Waals surface area contributed by atoms with E-state index >= 15 is 0 Å². The third kappa shape index (κ3) is 7.32. The van der Waals surface area contributed by atoms with E-state index in [1.807, 2.05) is 80.6 Å². The molecule has 6 nitrogen and oxygen atoms in total. The van der Waals surface area contributed by atoms with Gasteiger partial charge in [-0.05, 0) is 28.7 Å². The van der Waals surface area contributed by atoms with Crippen LogP contribution in [0.3, 0.4) is 0 Å². The van der Waals surface area contributed by atoms with Crippen molar-refractivity contribution in [3.63, 3.8) is 0 Å². The number of aromatic hydroxyl groups is 1. The fourth-order valence-electron chi connectivity index (χ4n) is 3.81. The number of pyridine rings is 1. The van der Waals surface area contributed by atoms with Gasteiger partial charge in [-0.2, -0.15) is 13.2 Å². The van der Waals surface area contributed by atoms with Gasteiger partial charge in [0.2, 0.25) is 5.91 Å². The Morgan fingerprint density at radius 1 is 0.895 bits per heavy atom. The molecule has 0 saturated carbocycles. The number of fused-ring (bicyclic) bond motifs is 1. The lowest BCUT2D eigenvalue weighted by atomic mass is 9.94. The van der Waals surface area contributed by atoms with Crippen LogP contribution >= 0.6 is 0 Å². The zero-order valence-corrected chi connectivity index (χ0v) is 20.7. The van der Waals surface area contributed by atoms with E-state index in [0.29, 0.717) is 17.5 Å². The van der Waals surface area contributed by atoms with Gasteiger partial charge in [-0.25, -0.2) is 4.79 Å². The van der Waals surface area contributed by atoms with Crippen LogP contribution in [0.1, 0.15) is 37.4 Å². The fourth-order valence-corrected chi connectivity index (χ4v) is 3.81. The lowest BCUT2D eigenvalue weighted by Crippen LogP contribution is -2.30. The van der Waals surface area contributed by atoms with Crippen LogP contribution in [0.15, 0.2) is 85.1 Å². The summed E-state index contributed by atoms with van der Waals surface area (Å²) in [5, 5.41) is 22.1. The van der Waals surface area contributed by atoms with E-state index in [4.69, 9.17) is 9.90 Å². The van der Waals surface area contributed by atoms with Gasteiger partial charge in [-0.3, -0.25) is 9.78 Å². The smallest absolute Gasteiger partial charge is 0.490 e. The first kappa shape index (κ1) is 28.2. The number of halogens is 3. The Balaban J connectivity index is 0.000000505. The second-order valence-electron chi connectivity index (χ2n) is 8.97. The largest absolute Gasteiger partial charge is 0.505 e. The van der Waals surface area contributed by atoms with E-state index in [1.54, 1.807) is 6.20 Å². The molecule has 1 heterocycles. The number of hydrogen-bond acceptors (Lipinski definition) is 4. The van der Waals surface area contributed by atoms with E-state index in [2.05, 4.69) is 22.4 Å². The Morgan fingerprint density at radius 3 is 2.08 bits per heavy atom. The number of nitrogens with one attached hydrogen (secondary N) is 1. The molecule has 0 radical (unpaired) electrons. The average Bonchev–Trinajstić information content (AvgIpc) is 2.88. The molecule has 0 aliphatic rings. The number of carboxylic acid groups (broad SMARTS) is 1. The molecule has 1 unspecified atom stereocenters. The number of phenols is 1. The maximum atomic E-state index is 12.7. The van der Waals surface area contributed by atoms with Gasteiger partial charge < -0.3 is 15.5 Å². The summed E-state index contributed by atoms with van der Waals surface area (Å²) in [5.74, 6) is -2.46. The van der Waals surface area contributed by atoms with Crippen molar-refractivity contribution in [2.24, 2.45) is 5.92 Å². The van der Waals surface area contributed by atoms with Crippen LogP contribution in [-0.2, 0) is 9.59 Å². The lowest BCUT2D eigenvalue weighted by Gasteiger charge is -2.22. The monoisotopic (exact) mass is 524 g/mol. The summed E-state index contributed by atoms with van der Waals surface area (Å²) in [6.07, 6.45) is -3.00. The Hall–Kier alpha value is -4.40. The van der Waals surface area contributed by atoms with Crippen LogP contribution < -0.4 is 5.32 Å². The molecule has 3 N–H and O–H groups in total. The maximum absolute atomic E-state index is 12.7. The van der Waals surface area contributed by atoms with E-state index in [9.17, 15) is 23.1 Å². The van der Waals surface area contributed by atoms with Crippen molar-refractivity contribution in [3.05, 3.63) is 96.2 Å². The third-order valence-electron chi connectivity index (χ3n) is 5.58. The van der Waals surface area contributed by atoms with Gasteiger partial charge in [-0.1, -0.05) is 86.6 Å². The number of hydrogen-bond donors (Lipinski definition) is 3. The number of alkyl halides is 3. The zero-order valence-electron chi connectivity index (χ0n) is 20.7. The Kier molecular flexibility index (Phi) is 9.07. The number of carbonyl (C=O) groups is 2. The van der Waals surface area contributed by atoms with Crippen molar-refractivity contribution in [2.75, 3.05) is 0 Å². The number of carbonyl (C=O) groups excluding carboxylic acids is 1. The van der Waals surface area contributed by atoms with Crippen LogP contribution in [0.4, 0.5) is 13.2 Å². The molecule has 0 fully saturated rings. The highest BCUT2D eigenvalue weighted by Gasteiger charge is 2.38. The molecule has 1 aromatic heterocycles. The van der Waals surface area contributed by atoms with Gasteiger partial charge in [0.1, 0.15) is 11.3 Å². The highest BCUT2D eigenvalue weighted by atomic mass is 19.4. The summed E-state index contributed by atoms with van der Waals surface area (Å²) in [6, 6.07) is 25.3. The first-order valence-corrected chi connectivity index (χ1v) is 11.8. The van der Waals surface area contributed by atoms with Gasteiger partial charge in [-0.15, -0.1) is 0 Å². The van der Waals surface area contributed by atoms with Crippen LogP contribution in [-0.4, -0.2) is 33.2 Å². The molecule has 38 heavy (non-hydrogen) atoms. The summed E-state index contributed by atoms with van der Waals surface area (Å²) in [7, 11) is 0. The number of nitrogens with zero attached hydrogens (tertiary/aromatic N) is 1. The van der Waals surface area contributed by atoms with Crippen molar-refractivity contribution in [1.82, 2.24) is 10.3 Å². The van der Waals surface area contributed by atoms with Crippen molar-refractivity contribution in [2.45, 2.75) is 32.5 Å². The molecular formula is C29H27F3N2O4. The molecule has 0 saturated heterocycles. The predicted octanol–water partition coefficient (Wildman–Crippen LogP) is 6.49. The first-order chi connectivity index (χ1) is 18.0. The average molecular weight is 525 g/mol. The second kappa shape index (κ2) is 12.2. The molecule has 0 aliphatic carbocycles. The highest BCUT2D eigenvalue weighted by molar-refractivity contribution is 5.86. The summed E-state index contributed by atoms with van der Waals surface area (Å²) in [6.45, 7) is 4.03. The molecule has 0 spiro atoms. The predicted molar refractivity (Wildman–Crippen MR) is 138 cm³/mol. The number of benzene rings is 3. The second-order valence-corrected chi connectivity index (χ2v) is 8.97. The molecule has 9 heteroatoms. The summed E-state index contributed by atoms with van der Waals surface area (Å²) < 4.78 is 31.7. The third-order valence-corrected chi connectivity index (χ3v) is 5.58. The molecule has 1 atom stereocenters. The number of amides is 1. The Morgan fingerprint density at radius 2 is 1.50 bits per heavy atom. The number of aliphatic carboxylic acids is 1. The normalized spacial score (nSPS) is 11.9. The zero-order chi connectivity index (χ0) is 27.9. The maximum Gasteiger partial charge on any atom is 0.490 e. The minimum Gasteiger partial charge on any atom is -0.505 e. The van der Waals surface area contributed by atoms with E-state index in [0.717, 1.165) is 22.1 Å². The quantitative estimate of drug-likeness (QED) is 0.268. The summed E-state index contributed by atoms with van der Waals surface area (Å²) in [4.78, 5) is 25.9. The number of aromatic nitrogens is 1. The van der Waals surface area contributed by atoms with Crippen LogP contribution in [0.2, 0.25) is 0 Å². The van der Waals surface area contributed by atoms with Crippen molar-refractivity contribution >= 4 is 22.8 Å². The van der Waals surface area contributed by atoms with Crippen molar-refractivity contribution < 1.29 is 33.0 Å². The fraction of sp³-hybridized carbons (Fsp3) is 0.207. The molecule has 4 aromatic rings. The topological polar surface area (TPSA) is 99.5 Å². The van der Waals surface area contributed by atoms with Gasteiger partial charge in [0, 0.05) is 23.6 Å².